The van der Waals surface area contributed by atoms with Crippen molar-refractivity contribution in [2.45, 2.75) is 17.9 Å². The molecule has 0 bridgehead atoms. The number of sulfonamides is 1. The number of rotatable bonds is 6. The van der Waals surface area contributed by atoms with Crippen LogP contribution in [0.15, 0.2) is 40.6 Å². The van der Waals surface area contributed by atoms with E-state index in [-0.39, 0.29) is 29.5 Å². The zero-order valence-corrected chi connectivity index (χ0v) is 17.9. The molecule has 2 aromatic rings. The van der Waals surface area contributed by atoms with Crippen LogP contribution >= 0.6 is 11.3 Å². The molecule has 0 radical (unpaired) electrons. The van der Waals surface area contributed by atoms with Gasteiger partial charge in [-0.3, -0.25) is 14.5 Å². The van der Waals surface area contributed by atoms with Crippen LogP contribution in [0.25, 0.3) is 0 Å². The molecule has 1 aromatic heterocycles. The molecule has 2 amide bonds. The maximum atomic E-state index is 12.8. The van der Waals surface area contributed by atoms with Crippen molar-refractivity contribution in [3.05, 3.63) is 46.8 Å². The minimum atomic E-state index is -3.67. The minimum absolute atomic E-state index is 0.136. The van der Waals surface area contributed by atoms with Crippen LogP contribution in [0, 0.1) is 11.3 Å². The highest BCUT2D eigenvalue weighted by Gasteiger charge is 2.32. The fourth-order valence-electron chi connectivity index (χ4n) is 3.16. The summed E-state index contributed by atoms with van der Waals surface area (Å²) in [5, 5.41) is 13.7. The Labute approximate surface area is 178 Å². The van der Waals surface area contributed by atoms with E-state index in [4.69, 9.17) is 11.0 Å². The summed E-state index contributed by atoms with van der Waals surface area (Å²) in [6, 6.07) is 8.80. The van der Waals surface area contributed by atoms with Crippen molar-refractivity contribution in [3.8, 4) is 6.07 Å². The summed E-state index contributed by atoms with van der Waals surface area (Å²) in [4.78, 5) is 26.0. The molecule has 1 aliphatic heterocycles. The highest BCUT2D eigenvalue weighted by Crippen LogP contribution is 2.24. The van der Waals surface area contributed by atoms with Crippen LogP contribution in [0.3, 0.4) is 0 Å². The zero-order valence-electron chi connectivity index (χ0n) is 16.2. The molecule has 0 aliphatic carbocycles. The monoisotopic (exact) mass is 447 g/mol. The highest BCUT2D eigenvalue weighted by atomic mass is 32.2. The van der Waals surface area contributed by atoms with Crippen LogP contribution in [0.2, 0.25) is 0 Å². The molecule has 2 heterocycles. The predicted molar refractivity (Wildman–Crippen MR) is 112 cm³/mol. The SMILES string of the molecule is CC(C(=O)Nc1sccc1C(N)=O)N1CCN(S(=O)(=O)c2ccc(C#N)cc2)CC1. The molecule has 0 saturated carbocycles. The number of benzene rings is 1. The van der Waals surface area contributed by atoms with E-state index in [0.717, 1.165) is 0 Å². The van der Waals surface area contributed by atoms with Gasteiger partial charge in [0, 0.05) is 26.2 Å². The lowest BCUT2D eigenvalue weighted by atomic mass is 10.2. The summed E-state index contributed by atoms with van der Waals surface area (Å²) in [5.74, 6) is -0.899. The molecular formula is C19H21N5O4S2. The van der Waals surface area contributed by atoms with Gasteiger partial charge in [0.1, 0.15) is 5.00 Å². The first-order valence-electron chi connectivity index (χ1n) is 9.16. The first kappa shape index (κ1) is 21.9. The maximum absolute atomic E-state index is 12.8. The molecule has 9 nitrogen and oxygen atoms in total. The van der Waals surface area contributed by atoms with E-state index in [1.54, 1.807) is 18.4 Å². The van der Waals surface area contributed by atoms with Gasteiger partial charge in [0.25, 0.3) is 5.91 Å². The fraction of sp³-hybridized carbons (Fsp3) is 0.316. The van der Waals surface area contributed by atoms with Crippen LogP contribution in [0.1, 0.15) is 22.8 Å². The summed E-state index contributed by atoms with van der Waals surface area (Å²) in [5.41, 5.74) is 5.96. The number of carbonyl (C=O) groups is 2. The predicted octanol–water partition coefficient (Wildman–Crippen LogP) is 1.05. The number of nitrogens with two attached hydrogens (primary N) is 1. The first-order valence-corrected chi connectivity index (χ1v) is 11.5. The highest BCUT2D eigenvalue weighted by molar-refractivity contribution is 7.89. The van der Waals surface area contributed by atoms with Crippen molar-refractivity contribution in [3.63, 3.8) is 0 Å². The van der Waals surface area contributed by atoms with Gasteiger partial charge in [0.05, 0.1) is 28.1 Å². The molecule has 1 aliphatic rings. The van der Waals surface area contributed by atoms with Gasteiger partial charge in [-0.15, -0.1) is 11.3 Å². The van der Waals surface area contributed by atoms with E-state index in [2.05, 4.69) is 5.32 Å². The third-order valence-electron chi connectivity index (χ3n) is 4.99. The molecule has 1 aromatic carbocycles. The van der Waals surface area contributed by atoms with Crippen LogP contribution in [0.5, 0.6) is 0 Å². The number of nitrogens with one attached hydrogen (secondary N) is 1. The minimum Gasteiger partial charge on any atom is -0.366 e. The summed E-state index contributed by atoms with van der Waals surface area (Å²) in [7, 11) is -3.67. The lowest BCUT2D eigenvalue weighted by Crippen LogP contribution is -2.53. The number of primary amides is 1. The lowest BCUT2D eigenvalue weighted by molar-refractivity contribution is -0.121. The van der Waals surface area contributed by atoms with Crippen LogP contribution in [0.4, 0.5) is 5.00 Å². The molecule has 1 atom stereocenters. The molecule has 1 fully saturated rings. The molecule has 11 heteroatoms. The van der Waals surface area contributed by atoms with Crippen molar-refractivity contribution in [1.29, 1.82) is 5.26 Å². The maximum Gasteiger partial charge on any atom is 0.251 e. The van der Waals surface area contributed by atoms with E-state index in [9.17, 15) is 18.0 Å². The van der Waals surface area contributed by atoms with Gasteiger partial charge < -0.3 is 11.1 Å². The summed E-state index contributed by atoms with van der Waals surface area (Å²) >= 11 is 1.22. The van der Waals surface area contributed by atoms with Gasteiger partial charge in [-0.1, -0.05) is 0 Å². The van der Waals surface area contributed by atoms with Crippen molar-refractivity contribution in [2.75, 3.05) is 31.5 Å². The van der Waals surface area contributed by atoms with Crippen LogP contribution in [-0.4, -0.2) is 61.7 Å². The van der Waals surface area contributed by atoms with Crippen molar-refractivity contribution in [2.24, 2.45) is 5.73 Å². The number of piperazine rings is 1. The average Bonchev–Trinajstić information content (AvgIpc) is 3.21. The molecule has 3 rings (SSSR count). The van der Waals surface area contributed by atoms with Crippen molar-refractivity contribution >= 4 is 38.2 Å². The standard InChI is InChI=1S/C19H21N5O4S2/c1-13(18(26)22-19-16(17(21)25)6-11-29-19)23-7-9-24(10-8-23)30(27,28)15-4-2-14(12-20)3-5-15/h2-6,11,13H,7-10H2,1H3,(H2,21,25)(H,22,26). The smallest absolute Gasteiger partial charge is 0.251 e. The van der Waals surface area contributed by atoms with Crippen molar-refractivity contribution in [1.82, 2.24) is 9.21 Å². The molecule has 30 heavy (non-hydrogen) atoms. The van der Waals surface area contributed by atoms with Gasteiger partial charge in [-0.2, -0.15) is 9.57 Å². The van der Waals surface area contributed by atoms with Gasteiger partial charge in [0.2, 0.25) is 15.9 Å². The number of thiophene rings is 1. The normalized spacial score (nSPS) is 16.5. The molecule has 158 valence electrons. The summed E-state index contributed by atoms with van der Waals surface area (Å²) < 4.78 is 27.0. The Balaban J connectivity index is 1.61. The number of hydrogen-bond donors (Lipinski definition) is 2. The molecule has 0 spiro atoms. The van der Waals surface area contributed by atoms with Gasteiger partial charge in [-0.25, -0.2) is 8.42 Å². The Bertz CT molecular complexity index is 1080. The van der Waals surface area contributed by atoms with E-state index in [1.807, 2.05) is 11.0 Å². The molecule has 3 N–H and O–H groups in total. The Morgan fingerprint density at radius 1 is 1.17 bits per heavy atom. The third kappa shape index (κ3) is 4.52. The average molecular weight is 448 g/mol. The van der Waals surface area contributed by atoms with E-state index >= 15 is 0 Å². The number of anilines is 1. The second-order valence-electron chi connectivity index (χ2n) is 6.77. The van der Waals surface area contributed by atoms with Gasteiger partial charge >= 0.3 is 0 Å². The Morgan fingerprint density at radius 2 is 1.80 bits per heavy atom. The number of nitriles is 1. The Hall–Kier alpha value is -2.78. The van der Waals surface area contributed by atoms with Crippen LogP contribution in [-0.2, 0) is 14.8 Å². The molecule has 1 unspecified atom stereocenters. The zero-order chi connectivity index (χ0) is 21.9. The quantitative estimate of drug-likeness (QED) is 0.679. The number of hydrogen-bond acceptors (Lipinski definition) is 7. The fourth-order valence-corrected chi connectivity index (χ4v) is 5.38. The van der Waals surface area contributed by atoms with E-state index < -0.39 is 22.0 Å². The Morgan fingerprint density at radius 3 is 2.37 bits per heavy atom. The largest absolute Gasteiger partial charge is 0.366 e. The number of carbonyl (C=O) groups excluding carboxylic acids is 2. The first-order chi connectivity index (χ1) is 14.2. The molecular weight excluding hydrogens is 426 g/mol. The number of nitrogens with zero attached hydrogens (tertiary/aromatic N) is 3. The lowest BCUT2D eigenvalue weighted by Gasteiger charge is -2.36. The van der Waals surface area contributed by atoms with Gasteiger partial charge in [0.15, 0.2) is 0 Å². The van der Waals surface area contributed by atoms with E-state index in [0.29, 0.717) is 23.7 Å². The third-order valence-corrected chi connectivity index (χ3v) is 7.73. The second kappa shape index (κ2) is 8.93. The van der Waals surface area contributed by atoms with Crippen LogP contribution < -0.4 is 11.1 Å². The topological polar surface area (TPSA) is 137 Å². The summed E-state index contributed by atoms with van der Waals surface area (Å²) in [6.07, 6.45) is 0. The van der Waals surface area contributed by atoms with Gasteiger partial charge in [-0.05, 0) is 42.6 Å². The van der Waals surface area contributed by atoms with Crippen molar-refractivity contribution < 1.29 is 18.0 Å². The Kier molecular flexibility index (Phi) is 6.52. The summed E-state index contributed by atoms with van der Waals surface area (Å²) in [6.45, 7) is 2.99. The second-order valence-corrected chi connectivity index (χ2v) is 9.62. The molecule has 1 saturated heterocycles. The van der Waals surface area contributed by atoms with E-state index in [1.165, 1.54) is 39.9 Å². The number of amides is 2.